The molecule has 2 rings (SSSR count). The van der Waals surface area contributed by atoms with Crippen molar-refractivity contribution in [3.63, 3.8) is 0 Å². The van der Waals surface area contributed by atoms with Gasteiger partial charge in [-0.2, -0.15) is 4.98 Å². The van der Waals surface area contributed by atoms with E-state index in [4.69, 9.17) is 19.9 Å². The molecule has 0 spiro atoms. The summed E-state index contributed by atoms with van der Waals surface area (Å²) in [6, 6.07) is 2.99. The highest BCUT2D eigenvalue weighted by Crippen LogP contribution is 2.28. The van der Waals surface area contributed by atoms with Gasteiger partial charge in [-0.25, -0.2) is 12.8 Å². The molecule has 0 saturated carbocycles. The Kier molecular flexibility index (Phi) is 3.72. The predicted octanol–water partition coefficient (Wildman–Crippen LogP) is 2.02. The van der Waals surface area contributed by atoms with E-state index >= 15 is 0 Å². The first-order valence-corrected chi connectivity index (χ1v) is 7.33. The number of hydrogen-bond acceptors (Lipinski definition) is 6. The van der Waals surface area contributed by atoms with Gasteiger partial charge in [0.05, 0.1) is 0 Å². The summed E-state index contributed by atoms with van der Waals surface area (Å²) in [6.07, 6.45) is 0. The van der Waals surface area contributed by atoms with Crippen LogP contribution in [0.3, 0.4) is 0 Å². The number of halogens is 2. The third kappa shape index (κ3) is 3.42. The van der Waals surface area contributed by atoms with Crippen molar-refractivity contribution in [3.05, 3.63) is 35.7 Å². The number of hydrogen-bond donors (Lipinski definition) is 0. The lowest BCUT2D eigenvalue weighted by Gasteiger charge is -2.07. The van der Waals surface area contributed by atoms with E-state index in [1.54, 1.807) is 6.92 Å². The van der Waals surface area contributed by atoms with Gasteiger partial charge in [0, 0.05) is 10.7 Å². The van der Waals surface area contributed by atoms with Gasteiger partial charge < -0.3 is 9.26 Å². The quantitative estimate of drug-likeness (QED) is 0.804. The summed E-state index contributed by atoms with van der Waals surface area (Å²) in [7, 11) is 1.08. The molecule has 1 aromatic heterocycles. The number of benzene rings is 1. The molecule has 0 aliphatic rings. The molecule has 6 nitrogen and oxygen atoms in total. The molecule has 0 saturated heterocycles. The molecule has 1 aromatic carbocycles. The Morgan fingerprint density at radius 1 is 1.47 bits per heavy atom. The van der Waals surface area contributed by atoms with Crippen LogP contribution in [0.1, 0.15) is 11.7 Å². The molecule has 0 bridgehead atoms. The predicted molar refractivity (Wildman–Crippen MR) is 62.8 cm³/mol. The van der Waals surface area contributed by atoms with Crippen LogP contribution in [-0.2, 0) is 15.7 Å². The molecular weight excluding hydrogens is 299 g/mol. The van der Waals surface area contributed by atoms with Gasteiger partial charge in [-0.15, -0.1) is 0 Å². The second-order valence-corrected chi connectivity index (χ2v) is 6.09. The fourth-order valence-corrected chi connectivity index (χ4v) is 2.31. The summed E-state index contributed by atoms with van der Waals surface area (Å²) in [5.41, 5.74) is 0. The van der Waals surface area contributed by atoms with E-state index in [2.05, 4.69) is 10.1 Å². The Morgan fingerprint density at radius 3 is 2.79 bits per heavy atom. The van der Waals surface area contributed by atoms with Gasteiger partial charge in [0.15, 0.2) is 12.4 Å². The van der Waals surface area contributed by atoms with Crippen molar-refractivity contribution in [1.82, 2.24) is 10.1 Å². The summed E-state index contributed by atoms with van der Waals surface area (Å²) < 4.78 is 45.6. The van der Waals surface area contributed by atoms with Gasteiger partial charge in [0.25, 0.3) is 14.9 Å². The van der Waals surface area contributed by atoms with E-state index in [0.717, 1.165) is 18.2 Å². The second kappa shape index (κ2) is 5.14. The molecular formula is C10H8ClFN2O4S. The van der Waals surface area contributed by atoms with Gasteiger partial charge >= 0.3 is 0 Å². The first-order valence-electron chi connectivity index (χ1n) is 5.02. The van der Waals surface area contributed by atoms with Crippen molar-refractivity contribution >= 4 is 19.7 Å². The molecule has 0 radical (unpaired) electrons. The minimum Gasteiger partial charge on any atom is -0.482 e. The van der Waals surface area contributed by atoms with Crippen molar-refractivity contribution in [2.45, 2.75) is 18.4 Å². The van der Waals surface area contributed by atoms with E-state index in [1.807, 2.05) is 0 Å². The van der Waals surface area contributed by atoms with Crippen LogP contribution < -0.4 is 4.74 Å². The van der Waals surface area contributed by atoms with Gasteiger partial charge in [-0.1, -0.05) is 5.16 Å². The van der Waals surface area contributed by atoms with E-state index in [-0.39, 0.29) is 18.2 Å². The Balaban J connectivity index is 2.25. The summed E-state index contributed by atoms with van der Waals surface area (Å²) in [5.74, 6) is -0.241. The molecule has 0 aliphatic heterocycles. The highest BCUT2D eigenvalue weighted by atomic mass is 35.7. The van der Waals surface area contributed by atoms with Crippen LogP contribution in [0.5, 0.6) is 5.75 Å². The maximum absolute atomic E-state index is 13.0. The average molecular weight is 307 g/mol. The zero-order chi connectivity index (χ0) is 14.0. The summed E-state index contributed by atoms with van der Waals surface area (Å²) in [4.78, 5) is 3.42. The van der Waals surface area contributed by atoms with Gasteiger partial charge in [0.1, 0.15) is 16.5 Å². The van der Waals surface area contributed by atoms with Crippen LogP contribution in [-0.4, -0.2) is 18.6 Å². The van der Waals surface area contributed by atoms with Gasteiger partial charge in [-0.05, 0) is 25.1 Å². The van der Waals surface area contributed by atoms with E-state index in [9.17, 15) is 12.8 Å². The molecule has 0 unspecified atom stereocenters. The first kappa shape index (κ1) is 13.8. The second-order valence-electron chi connectivity index (χ2n) is 3.55. The van der Waals surface area contributed by atoms with Crippen LogP contribution in [0.15, 0.2) is 27.6 Å². The summed E-state index contributed by atoms with van der Waals surface area (Å²) >= 11 is 0. The van der Waals surface area contributed by atoms with Crippen molar-refractivity contribution in [2.75, 3.05) is 0 Å². The monoisotopic (exact) mass is 306 g/mol. The average Bonchev–Trinajstić information content (AvgIpc) is 2.72. The highest BCUT2D eigenvalue weighted by molar-refractivity contribution is 8.13. The van der Waals surface area contributed by atoms with Crippen molar-refractivity contribution in [2.24, 2.45) is 0 Å². The number of rotatable bonds is 4. The minimum atomic E-state index is -4.11. The molecule has 19 heavy (non-hydrogen) atoms. The fraction of sp³-hybridized carbons (Fsp3) is 0.200. The van der Waals surface area contributed by atoms with Gasteiger partial charge in [0.2, 0.25) is 0 Å². The lowest BCUT2D eigenvalue weighted by molar-refractivity contribution is 0.237. The topological polar surface area (TPSA) is 82.3 Å². The molecule has 0 atom stereocenters. The number of ether oxygens (including phenoxy) is 1. The lowest BCUT2D eigenvalue weighted by atomic mass is 10.3. The first-order chi connectivity index (χ1) is 8.86. The summed E-state index contributed by atoms with van der Waals surface area (Å²) in [6.45, 7) is 1.48. The number of aromatic nitrogens is 2. The van der Waals surface area contributed by atoms with E-state index in [0.29, 0.717) is 5.82 Å². The van der Waals surface area contributed by atoms with Crippen molar-refractivity contribution in [1.29, 1.82) is 0 Å². The number of aryl methyl sites for hydroxylation is 1. The van der Waals surface area contributed by atoms with E-state index < -0.39 is 19.8 Å². The number of nitrogens with zero attached hydrogens (tertiary/aromatic N) is 2. The Bertz CT molecular complexity index is 701. The maximum atomic E-state index is 13.0. The summed E-state index contributed by atoms with van der Waals surface area (Å²) in [5, 5.41) is 3.54. The maximum Gasteiger partial charge on any atom is 0.265 e. The Morgan fingerprint density at radius 2 is 2.21 bits per heavy atom. The molecule has 102 valence electrons. The van der Waals surface area contributed by atoms with Crippen LogP contribution >= 0.6 is 10.7 Å². The molecule has 2 aromatic rings. The van der Waals surface area contributed by atoms with Crippen LogP contribution in [0.2, 0.25) is 0 Å². The largest absolute Gasteiger partial charge is 0.482 e. The Labute approximate surface area is 112 Å². The third-order valence-corrected chi connectivity index (χ3v) is 3.43. The minimum absolute atomic E-state index is 0.0905. The SMILES string of the molecule is Cc1noc(COc2ccc(F)cc2S(=O)(=O)Cl)n1. The fourth-order valence-electron chi connectivity index (χ4n) is 1.33. The van der Waals surface area contributed by atoms with Crippen LogP contribution in [0.25, 0.3) is 0 Å². The highest BCUT2D eigenvalue weighted by Gasteiger charge is 2.18. The van der Waals surface area contributed by atoms with Gasteiger partial charge in [-0.3, -0.25) is 0 Å². The molecule has 0 amide bonds. The zero-order valence-electron chi connectivity index (χ0n) is 9.63. The van der Waals surface area contributed by atoms with Crippen molar-refractivity contribution in [3.8, 4) is 5.75 Å². The van der Waals surface area contributed by atoms with Crippen molar-refractivity contribution < 1.29 is 22.1 Å². The third-order valence-electron chi connectivity index (χ3n) is 2.09. The van der Waals surface area contributed by atoms with Crippen LogP contribution in [0, 0.1) is 12.7 Å². The standard InChI is InChI=1S/C10H8ClFN2O4S/c1-6-13-10(18-14-6)5-17-8-3-2-7(12)4-9(8)19(11,15)16/h2-4H,5H2,1H3. The molecule has 1 heterocycles. The molecule has 0 fully saturated rings. The normalized spacial score (nSPS) is 11.5. The lowest BCUT2D eigenvalue weighted by Crippen LogP contribution is -2.01. The van der Waals surface area contributed by atoms with Crippen LogP contribution in [0.4, 0.5) is 4.39 Å². The Hall–Kier alpha value is -1.67. The van der Waals surface area contributed by atoms with E-state index in [1.165, 1.54) is 0 Å². The molecule has 0 N–H and O–H groups in total. The smallest absolute Gasteiger partial charge is 0.265 e. The molecule has 0 aliphatic carbocycles. The molecule has 9 heteroatoms. The zero-order valence-corrected chi connectivity index (χ0v) is 11.2.